The molecule has 5 heteroatoms. The number of rotatable bonds is 1. The molecule has 1 aliphatic heterocycles. The molecule has 0 radical (unpaired) electrons. The van der Waals surface area contributed by atoms with Crippen LogP contribution in [0.4, 0.5) is 0 Å². The highest BCUT2D eigenvalue weighted by molar-refractivity contribution is 6.28. The number of carbonyl (C=O) groups excluding carboxylic acids is 1. The van der Waals surface area contributed by atoms with Gasteiger partial charge in [-0.25, -0.2) is 4.99 Å². The van der Waals surface area contributed by atoms with Crippen molar-refractivity contribution in [2.75, 3.05) is 5.88 Å². The number of alkyl halides is 1. The second-order valence-electron chi connectivity index (χ2n) is 3.47. The molecule has 84 valence electrons. The Morgan fingerprint density at radius 1 is 1.44 bits per heavy atom. The normalized spacial score (nSPS) is 14.2. The molecule has 1 aliphatic rings. The van der Waals surface area contributed by atoms with Gasteiger partial charge in [0.15, 0.2) is 5.96 Å². The molecule has 1 heterocycles. The summed E-state index contributed by atoms with van der Waals surface area (Å²) in [6.45, 7) is 1.23. The first-order valence-electron chi connectivity index (χ1n) is 5.00. The Morgan fingerprint density at radius 2 is 2.19 bits per heavy atom. The van der Waals surface area contributed by atoms with Crippen molar-refractivity contribution in [1.82, 2.24) is 10.6 Å². The third-order valence-corrected chi connectivity index (χ3v) is 2.59. The van der Waals surface area contributed by atoms with E-state index in [4.69, 9.17) is 11.6 Å². The predicted molar refractivity (Wildman–Crippen MR) is 63.3 cm³/mol. The zero-order valence-corrected chi connectivity index (χ0v) is 9.42. The number of amides is 1. The van der Waals surface area contributed by atoms with Crippen molar-refractivity contribution >= 4 is 23.5 Å². The van der Waals surface area contributed by atoms with Crippen LogP contribution in [-0.4, -0.2) is 17.7 Å². The van der Waals surface area contributed by atoms with Gasteiger partial charge in [0.25, 0.3) is 0 Å². The van der Waals surface area contributed by atoms with E-state index in [1.165, 1.54) is 11.1 Å². The molecule has 1 amide bonds. The van der Waals surface area contributed by atoms with Crippen molar-refractivity contribution in [1.29, 1.82) is 0 Å². The van der Waals surface area contributed by atoms with Gasteiger partial charge in [-0.3, -0.25) is 10.1 Å². The Hall–Kier alpha value is -1.55. The summed E-state index contributed by atoms with van der Waals surface area (Å²) in [5.74, 6) is 0.175. The van der Waals surface area contributed by atoms with Crippen molar-refractivity contribution in [2.45, 2.75) is 13.1 Å². The summed E-state index contributed by atoms with van der Waals surface area (Å²) in [5, 5.41) is 5.67. The number of hydrogen-bond donors (Lipinski definition) is 2. The van der Waals surface area contributed by atoms with Crippen molar-refractivity contribution < 1.29 is 4.79 Å². The number of aliphatic imine (C=N–C) groups is 1. The quantitative estimate of drug-likeness (QED) is 0.716. The van der Waals surface area contributed by atoms with Crippen LogP contribution < -0.4 is 10.6 Å². The lowest BCUT2D eigenvalue weighted by atomic mass is 10.1. The van der Waals surface area contributed by atoms with Gasteiger partial charge in [-0.2, -0.15) is 0 Å². The Bertz CT molecular complexity index is 431. The highest BCUT2D eigenvalue weighted by Crippen LogP contribution is 2.11. The van der Waals surface area contributed by atoms with Crippen LogP contribution in [0.25, 0.3) is 0 Å². The van der Waals surface area contributed by atoms with Gasteiger partial charge in [0.2, 0.25) is 5.91 Å². The van der Waals surface area contributed by atoms with Gasteiger partial charge in [0, 0.05) is 6.54 Å². The van der Waals surface area contributed by atoms with E-state index in [0.29, 0.717) is 19.0 Å². The Kier molecular flexibility index (Phi) is 3.41. The zero-order chi connectivity index (χ0) is 11.4. The maximum absolute atomic E-state index is 11.1. The third-order valence-electron chi connectivity index (χ3n) is 2.35. The number of hydrogen-bond acceptors (Lipinski definition) is 3. The lowest BCUT2D eigenvalue weighted by Crippen LogP contribution is -2.40. The third kappa shape index (κ3) is 2.52. The summed E-state index contributed by atoms with van der Waals surface area (Å²) in [6.07, 6.45) is 0. The van der Waals surface area contributed by atoms with Crippen molar-refractivity contribution in [3.63, 3.8) is 0 Å². The van der Waals surface area contributed by atoms with Gasteiger partial charge in [-0.05, 0) is 11.1 Å². The molecule has 0 spiro atoms. The zero-order valence-electron chi connectivity index (χ0n) is 8.66. The second kappa shape index (κ2) is 4.99. The van der Waals surface area contributed by atoms with E-state index in [1.807, 2.05) is 24.3 Å². The maximum Gasteiger partial charge on any atom is 0.241 e. The van der Waals surface area contributed by atoms with E-state index in [1.54, 1.807) is 0 Å². The summed E-state index contributed by atoms with van der Waals surface area (Å²) >= 11 is 5.41. The summed E-state index contributed by atoms with van der Waals surface area (Å²) in [7, 11) is 0. The number of nitrogens with zero attached hydrogens (tertiary/aromatic N) is 1. The van der Waals surface area contributed by atoms with Crippen LogP contribution >= 0.6 is 11.6 Å². The largest absolute Gasteiger partial charge is 0.352 e. The lowest BCUT2D eigenvalue weighted by Gasteiger charge is -2.07. The molecule has 4 nitrogen and oxygen atoms in total. The monoisotopic (exact) mass is 237 g/mol. The minimum absolute atomic E-state index is 0.0619. The molecular weight excluding hydrogens is 226 g/mol. The van der Waals surface area contributed by atoms with Gasteiger partial charge in [0.1, 0.15) is 5.88 Å². The molecule has 0 fully saturated rings. The minimum atomic E-state index is -0.251. The number of fused-ring (bicyclic) bond motifs is 1. The molecule has 1 aromatic carbocycles. The molecule has 0 aliphatic carbocycles. The smallest absolute Gasteiger partial charge is 0.241 e. The number of halogens is 1. The van der Waals surface area contributed by atoms with Crippen LogP contribution in [0.3, 0.4) is 0 Å². The maximum atomic E-state index is 11.1. The molecule has 0 unspecified atom stereocenters. The molecule has 1 aromatic rings. The van der Waals surface area contributed by atoms with E-state index in [0.717, 1.165) is 0 Å². The number of nitrogens with one attached hydrogen (secondary N) is 2. The average molecular weight is 238 g/mol. The molecule has 0 atom stereocenters. The van der Waals surface area contributed by atoms with E-state index < -0.39 is 0 Å². The second-order valence-corrected chi connectivity index (χ2v) is 3.74. The first-order valence-corrected chi connectivity index (χ1v) is 5.54. The summed E-state index contributed by atoms with van der Waals surface area (Å²) in [6, 6.07) is 8.05. The molecule has 16 heavy (non-hydrogen) atoms. The Morgan fingerprint density at radius 3 is 2.94 bits per heavy atom. The SMILES string of the molecule is O=C(CCl)NC1=NCc2ccccc2CN1. The molecule has 0 bridgehead atoms. The van der Waals surface area contributed by atoms with Crippen LogP contribution in [0.2, 0.25) is 0 Å². The number of benzene rings is 1. The number of guanidine groups is 1. The molecular formula is C11H12ClN3O. The van der Waals surface area contributed by atoms with Crippen LogP contribution in [0.1, 0.15) is 11.1 Å². The summed E-state index contributed by atoms with van der Waals surface area (Å²) in [5.41, 5.74) is 2.37. The Balaban J connectivity index is 2.08. The van der Waals surface area contributed by atoms with Crippen molar-refractivity contribution in [3.05, 3.63) is 35.4 Å². The lowest BCUT2D eigenvalue weighted by molar-refractivity contribution is -0.117. The molecule has 0 saturated heterocycles. The van der Waals surface area contributed by atoms with Gasteiger partial charge < -0.3 is 5.32 Å². The number of carbonyl (C=O) groups is 1. The highest BCUT2D eigenvalue weighted by Gasteiger charge is 2.10. The fourth-order valence-electron chi connectivity index (χ4n) is 1.53. The van der Waals surface area contributed by atoms with Crippen LogP contribution in [0.15, 0.2) is 29.3 Å². The standard InChI is InChI=1S/C11H12ClN3O/c12-5-10(16)15-11-13-6-8-3-1-2-4-9(8)7-14-11/h1-4H,5-7H2,(H2,13,14,15,16). The van der Waals surface area contributed by atoms with Crippen LogP contribution in [0, 0.1) is 0 Å². The van der Waals surface area contributed by atoms with E-state index >= 15 is 0 Å². The minimum Gasteiger partial charge on any atom is -0.352 e. The van der Waals surface area contributed by atoms with E-state index in [9.17, 15) is 4.79 Å². The van der Waals surface area contributed by atoms with E-state index in [-0.39, 0.29) is 11.8 Å². The molecule has 0 aromatic heterocycles. The molecule has 2 N–H and O–H groups in total. The fourth-order valence-corrected chi connectivity index (χ4v) is 1.60. The van der Waals surface area contributed by atoms with Crippen molar-refractivity contribution in [3.8, 4) is 0 Å². The van der Waals surface area contributed by atoms with E-state index in [2.05, 4.69) is 15.6 Å². The van der Waals surface area contributed by atoms with Crippen LogP contribution in [0.5, 0.6) is 0 Å². The predicted octanol–water partition coefficient (Wildman–Crippen LogP) is 1.00. The van der Waals surface area contributed by atoms with Gasteiger partial charge in [-0.15, -0.1) is 11.6 Å². The fraction of sp³-hybridized carbons (Fsp3) is 0.273. The van der Waals surface area contributed by atoms with Gasteiger partial charge in [-0.1, -0.05) is 24.3 Å². The van der Waals surface area contributed by atoms with Crippen LogP contribution in [-0.2, 0) is 17.9 Å². The summed E-state index contributed by atoms with van der Waals surface area (Å²) in [4.78, 5) is 15.4. The molecule has 0 saturated carbocycles. The van der Waals surface area contributed by atoms with Gasteiger partial charge >= 0.3 is 0 Å². The first-order chi connectivity index (χ1) is 7.79. The first kappa shape index (κ1) is 11.0. The highest BCUT2D eigenvalue weighted by atomic mass is 35.5. The topological polar surface area (TPSA) is 53.5 Å². The molecule has 2 rings (SSSR count). The van der Waals surface area contributed by atoms with Gasteiger partial charge in [0.05, 0.1) is 6.54 Å². The average Bonchev–Trinajstić information content (AvgIpc) is 2.52. The summed E-state index contributed by atoms with van der Waals surface area (Å²) < 4.78 is 0. The van der Waals surface area contributed by atoms with Crippen molar-refractivity contribution in [2.24, 2.45) is 4.99 Å². The Labute approximate surface area is 98.7 Å².